The topological polar surface area (TPSA) is 48.9 Å². The van der Waals surface area contributed by atoms with Gasteiger partial charge in [-0.2, -0.15) is 0 Å². The van der Waals surface area contributed by atoms with E-state index in [-0.39, 0.29) is 6.10 Å². The van der Waals surface area contributed by atoms with E-state index in [1.54, 1.807) is 0 Å². The Kier molecular flexibility index (Phi) is 8.22. The molecular weight excluding hydrogens is 312 g/mol. The van der Waals surface area contributed by atoms with Gasteiger partial charge in [-0.3, -0.25) is 4.99 Å². The molecule has 0 radical (unpaired) electrons. The first-order chi connectivity index (χ1) is 12.1. The van der Waals surface area contributed by atoms with Crippen molar-refractivity contribution in [3.63, 3.8) is 0 Å². The van der Waals surface area contributed by atoms with Crippen LogP contribution in [0.2, 0.25) is 0 Å². The van der Waals surface area contributed by atoms with Crippen molar-refractivity contribution >= 4 is 5.96 Å². The van der Waals surface area contributed by atoms with E-state index in [9.17, 15) is 0 Å². The molecule has 140 valence electrons. The third-order valence-electron chi connectivity index (χ3n) is 4.93. The SMILES string of the molecule is CCN(C)CCNC(=NC)NCC1CCCOC1c1ccc(C)cc1. The van der Waals surface area contributed by atoms with Gasteiger partial charge in [-0.1, -0.05) is 36.8 Å². The molecular formula is C20H34N4O. The molecule has 2 N–H and O–H groups in total. The van der Waals surface area contributed by atoms with Gasteiger partial charge in [-0.25, -0.2) is 0 Å². The fraction of sp³-hybridized carbons (Fsp3) is 0.650. The smallest absolute Gasteiger partial charge is 0.191 e. The van der Waals surface area contributed by atoms with Crippen molar-refractivity contribution < 1.29 is 4.74 Å². The molecule has 2 unspecified atom stereocenters. The summed E-state index contributed by atoms with van der Waals surface area (Å²) in [6.45, 7) is 8.98. The number of ether oxygens (including phenoxy) is 1. The van der Waals surface area contributed by atoms with Crippen molar-refractivity contribution in [3.8, 4) is 0 Å². The normalized spacial score (nSPS) is 21.4. The van der Waals surface area contributed by atoms with Gasteiger partial charge in [0, 0.05) is 39.2 Å². The summed E-state index contributed by atoms with van der Waals surface area (Å²) < 4.78 is 6.10. The third-order valence-corrected chi connectivity index (χ3v) is 4.93. The Morgan fingerprint density at radius 3 is 2.72 bits per heavy atom. The predicted molar refractivity (Wildman–Crippen MR) is 105 cm³/mol. The Hall–Kier alpha value is -1.59. The van der Waals surface area contributed by atoms with Crippen molar-refractivity contribution in [2.24, 2.45) is 10.9 Å². The summed E-state index contributed by atoms with van der Waals surface area (Å²) in [5, 5.41) is 6.88. The lowest BCUT2D eigenvalue weighted by Gasteiger charge is -2.32. The first kappa shape index (κ1) is 19.7. The molecule has 1 heterocycles. The number of nitrogens with zero attached hydrogens (tertiary/aromatic N) is 2. The Balaban J connectivity index is 1.86. The first-order valence-corrected chi connectivity index (χ1v) is 9.45. The molecule has 2 rings (SSSR count). The molecule has 25 heavy (non-hydrogen) atoms. The van der Waals surface area contributed by atoms with E-state index >= 15 is 0 Å². The van der Waals surface area contributed by atoms with E-state index in [4.69, 9.17) is 4.74 Å². The summed E-state index contributed by atoms with van der Waals surface area (Å²) >= 11 is 0. The molecule has 0 aromatic heterocycles. The van der Waals surface area contributed by atoms with E-state index in [2.05, 4.69) is 65.7 Å². The molecule has 1 aromatic rings. The molecule has 5 heteroatoms. The van der Waals surface area contributed by atoms with Crippen molar-refractivity contribution in [1.29, 1.82) is 0 Å². The molecule has 1 saturated heterocycles. The molecule has 0 amide bonds. The lowest BCUT2D eigenvalue weighted by Crippen LogP contribution is -2.44. The molecule has 5 nitrogen and oxygen atoms in total. The molecule has 0 bridgehead atoms. The standard InChI is InChI=1S/C20H34N4O/c1-5-24(4)13-12-22-20(21-3)23-15-18-7-6-14-25-19(18)17-10-8-16(2)9-11-17/h8-11,18-19H,5-7,12-15H2,1-4H3,(H2,21,22,23). The van der Waals surface area contributed by atoms with Crippen LogP contribution < -0.4 is 10.6 Å². The van der Waals surface area contributed by atoms with Gasteiger partial charge in [0.05, 0.1) is 6.10 Å². The number of hydrogen-bond donors (Lipinski definition) is 2. The number of guanidine groups is 1. The molecule has 1 fully saturated rings. The lowest BCUT2D eigenvalue weighted by atomic mass is 9.89. The van der Waals surface area contributed by atoms with E-state index in [1.807, 2.05) is 7.05 Å². The Labute approximate surface area is 152 Å². The van der Waals surface area contributed by atoms with E-state index in [0.717, 1.165) is 45.2 Å². The van der Waals surface area contributed by atoms with Gasteiger partial charge in [-0.05, 0) is 38.9 Å². The Morgan fingerprint density at radius 1 is 1.28 bits per heavy atom. The third kappa shape index (κ3) is 6.33. The number of aryl methyl sites for hydroxylation is 1. The predicted octanol–water partition coefficient (Wildman–Crippen LogP) is 2.58. The van der Waals surface area contributed by atoms with Crippen molar-refractivity contribution in [3.05, 3.63) is 35.4 Å². The fourth-order valence-corrected chi connectivity index (χ4v) is 3.15. The first-order valence-electron chi connectivity index (χ1n) is 9.45. The highest BCUT2D eigenvalue weighted by atomic mass is 16.5. The van der Waals surface area contributed by atoms with Crippen LogP contribution in [0.4, 0.5) is 0 Å². The van der Waals surface area contributed by atoms with Crippen LogP contribution in [0, 0.1) is 12.8 Å². The fourth-order valence-electron chi connectivity index (χ4n) is 3.15. The van der Waals surface area contributed by atoms with E-state index in [0.29, 0.717) is 5.92 Å². The van der Waals surface area contributed by atoms with Crippen LogP contribution in [-0.2, 0) is 4.74 Å². The molecule has 1 aliphatic rings. The highest BCUT2D eigenvalue weighted by molar-refractivity contribution is 5.79. The summed E-state index contributed by atoms with van der Waals surface area (Å²) in [6, 6.07) is 8.74. The molecule has 2 atom stereocenters. The zero-order valence-electron chi connectivity index (χ0n) is 16.2. The average molecular weight is 347 g/mol. The van der Waals surface area contributed by atoms with Gasteiger partial charge in [0.2, 0.25) is 0 Å². The lowest BCUT2D eigenvalue weighted by molar-refractivity contribution is -0.0265. The minimum Gasteiger partial charge on any atom is -0.373 e. The van der Waals surface area contributed by atoms with Gasteiger partial charge in [-0.15, -0.1) is 0 Å². The van der Waals surface area contributed by atoms with Crippen molar-refractivity contribution in [1.82, 2.24) is 15.5 Å². The van der Waals surface area contributed by atoms with Crippen LogP contribution in [0.5, 0.6) is 0 Å². The number of aliphatic imine (C=N–C) groups is 1. The summed E-state index contributed by atoms with van der Waals surface area (Å²) in [7, 11) is 3.96. The average Bonchev–Trinajstić information content (AvgIpc) is 2.65. The van der Waals surface area contributed by atoms with Crippen LogP contribution in [0.25, 0.3) is 0 Å². The number of likely N-dealkylation sites (N-methyl/N-ethyl adjacent to an activating group) is 1. The Morgan fingerprint density at radius 2 is 2.04 bits per heavy atom. The van der Waals surface area contributed by atoms with Gasteiger partial charge in [0.25, 0.3) is 0 Å². The van der Waals surface area contributed by atoms with Gasteiger partial charge in [0.15, 0.2) is 5.96 Å². The second kappa shape index (κ2) is 10.4. The zero-order chi connectivity index (χ0) is 18.1. The number of rotatable bonds is 7. The highest BCUT2D eigenvalue weighted by Crippen LogP contribution is 2.33. The van der Waals surface area contributed by atoms with Crippen LogP contribution in [-0.4, -0.2) is 57.7 Å². The molecule has 0 saturated carbocycles. The maximum absolute atomic E-state index is 6.10. The summed E-state index contributed by atoms with van der Waals surface area (Å²) in [6.07, 6.45) is 2.48. The number of hydrogen-bond acceptors (Lipinski definition) is 3. The molecule has 1 aromatic carbocycles. The van der Waals surface area contributed by atoms with E-state index < -0.39 is 0 Å². The van der Waals surface area contributed by atoms with Crippen LogP contribution >= 0.6 is 0 Å². The molecule has 0 aliphatic carbocycles. The minimum atomic E-state index is 0.172. The largest absolute Gasteiger partial charge is 0.373 e. The monoisotopic (exact) mass is 346 g/mol. The van der Waals surface area contributed by atoms with Gasteiger partial charge >= 0.3 is 0 Å². The van der Waals surface area contributed by atoms with Gasteiger partial charge in [0.1, 0.15) is 0 Å². The second-order valence-corrected chi connectivity index (χ2v) is 6.88. The molecule has 0 spiro atoms. The summed E-state index contributed by atoms with van der Waals surface area (Å²) in [5.41, 5.74) is 2.57. The second-order valence-electron chi connectivity index (χ2n) is 6.88. The maximum atomic E-state index is 6.10. The zero-order valence-corrected chi connectivity index (χ0v) is 16.2. The van der Waals surface area contributed by atoms with Gasteiger partial charge < -0.3 is 20.3 Å². The van der Waals surface area contributed by atoms with Crippen LogP contribution in [0.3, 0.4) is 0 Å². The quantitative estimate of drug-likeness (QED) is 0.588. The summed E-state index contributed by atoms with van der Waals surface area (Å²) in [4.78, 5) is 6.62. The highest BCUT2D eigenvalue weighted by Gasteiger charge is 2.27. The Bertz CT molecular complexity index is 529. The number of nitrogens with one attached hydrogen (secondary N) is 2. The van der Waals surface area contributed by atoms with Crippen molar-refractivity contribution in [2.75, 3.05) is 46.9 Å². The molecule has 1 aliphatic heterocycles. The van der Waals surface area contributed by atoms with Crippen LogP contribution in [0.15, 0.2) is 29.3 Å². The van der Waals surface area contributed by atoms with Crippen LogP contribution in [0.1, 0.15) is 37.0 Å². The van der Waals surface area contributed by atoms with Crippen molar-refractivity contribution in [2.45, 2.75) is 32.8 Å². The summed E-state index contributed by atoms with van der Waals surface area (Å²) in [5.74, 6) is 1.34. The maximum Gasteiger partial charge on any atom is 0.191 e. The number of benzene rings is 1. The van der Waals surface area contributed by atoms with E-state index in [1.165, 1.54) is 17.5 Å². The minimum absolute atomic E-state index is 0.172.